The number of hydrogen-bond donors (Lipinski definition) is 2. The molecular weight excluding hydrogens is 420 g/mol. The Balaban J connectivity index is 1.26. The quantitative estimate of drug-likeness (QED) is 0.671. The Morgan fingerprint density at radius 2 is 1.72 bits per heavy atom. The van der Waals surface area contributed by atoms with E-state index in [1.807, 2.05) is 30.3 Å². The number of thiophene rings is 1. The van der Waals surface area contributed by atoms with Crippen molar-refractivity contribution in [3.63, 3.8) is 0 Å². The van der Waals surface area contributed by atoms with E-state index in [2.05, 4.69) is 40.0 Å². The molecule has 0 radical (unpaired) electrons. The van der Waals surface area contributed by atoms with Crippen molar-refractivity contribution in [3.8, 4) is 0 Å². The topological polar surface area (TPSA) is 64.7 Å². The van der Waals surface area contributed by atoms with Crippen molar-refractivity contribution in [2.24, 2.45) is 11.8 Å². The normalized spacial score (nSPS) is 19.5. The number of urea groups is 1. The Morgan fingerprint density at radius 3 is 2.38 bits per heavy atom. The number of benzene rings is 1. The Hall–Kier alpha value is -2.38. The summed E-state index contributed by atoms with van der Waals surface area (Å²) in [7, 11) is 0. The maximum Gasteiger partial charge on any atom is 0.321 e. The molecule has 2 fully saturated rings. The van der Waals surface area contributed by atoms with E-state index in [0.717, 1.165) is 24.7 Å². The lowest BCUT2D eigenvalue weighted by Crippen LogP contribution is -2.46. The molecule has 2 aliphatic heterocycles. The van der Waals surface area contributed by atoms with Gasteiger partial charge >= 0.3 is 6.03 Å². The second kappa shape index (κ2) is 11.0. The molecule has 1 aromatic carbocycles. The van der Waals surface area contributed by atoms with Crippen LogP contribution in [0.1, 0.15) is 43.5 Å². The van der Waals surface area contributed by atoms with Crippen LogP contribution in [-0.2, 0) is 4.79 Å². The SMILES string of the molecule is CC1CCN([C@@H](CNC(=O)C2CCN(C(=O)Nc3ccccc3)CC2)c2cccs2)CC1. The van der Waals surface area contributed by atoms with E-state index < -0.39 is 0 Å². The van der Waals surface area contributed by atoms with Crippen LogP contribution in [-0.4, -0.2) is 54.5 Å². The Kier molecular flexibility index (Phi) is 7.81. The van der Waals surface area contributed by atoms with E-state index in [1.54, 1.807) is 16.2 Å². The van der Waals surface area contributed by atoms with Crippen LogP contribution in [0.3, 0.4) is 0 Å². The fraction of sp³-hybridized carbons (Fsp3) is 0.520. The third kappa shape index (κ3) is 5.90. The van der Waals surface area contributed by atoms with Crippen LogP contribution in [0.5, 0.6) is 0 Å². The highest BCUT2D eigenvalue weighted by atomic mass is 32.1. The summed E-state index contributed by atoms with van der Waals surface area (Å²) < 4.78 is 0. The first kappa shape index (κ1) is 22.8. The molecule has 6 nitrogen and oxygen atoms in total. The van der Waals surface area contributed by atoms with Gasteiger partial charge in [0.1, 0.15) is 0 Å². The van der Waals surface area contributed by atoms with Crippen molar-refractivity contribution in [3.05, 3.63) is 52.7 Å². The first-order chi connectivity index (χ1) is 15.6. The molecule has 172 valence electrons. The number of hydrogen-bond acceptors (Lipinski definition) is 4. The van der Waals surface area contributed by atoms with Gasteiger partial charge in [-0.2, -0.15) is 0 Å². The highest BCUT2D eigenvalue weighted by molar-refractivity contribution is 7.10. The van der Waals surface area contributed by atoms with E-state index in [4.69, 9.17) is 0 Å². The molecule has 4 rings (SSSR count). The molecule has 3 heterocycles. The van der Waals surface area contributed by atoms with Crippen molar-refractivity contribution in [1.82, 2.24) is 15.1 Å². The van der Waals surface area contributed by atoms with Crippen LogP contribution in [0.15, 0.2) is 47.8 Å². The summed E-state index contributed by atoms with van der Waals surface area (Å²) in [5.74, 6) is 0.885. The molecular formula is C25H34N4O2S. The average Bonchev–Trinajstić information content (AvgIpc) is 3.35. The van der Waals surface area contributed by atoms with Crippen molar-refractivity contribution < 1.29 is 9.59 Å². The number of likely N-dealkylation sites (tertiary alicyclic amines) is 2. The molecule has 32 heavy (non-hydrogen) atoms. The van der Waals surface area contributed by atoms with Crippen molar-refractivity contribution >= 4 is 29.0 Å². The second-order valence-electron chi connectivity index (χ2n) is 9.05. The number of carbonyl (C=O) groups excluding carboxylic acids is 2. The van der Waals surface area contributed by atoms with Crippen molar-refractivity contribution in [2.45, 2.75) is 38.6 Å². The lowest BCUT2D eigenvalue weighted by Gasteiger charge is -2.37. The Morgan fingerprint density at radius 1 is 1.00 bits per heavy atom. The summed E-state index contributed by atoms with van der Waals surface area (Å²) in [4.78, 5) is 31.1. The standard InChI is InChI=1S/C25H34N4O2S/c1-19-9-13-28(14-10-19)22(23-8-5-17-32-23)18-26-24(30)20-11-15-29(16-12-20)25(31)27-21-6-3-2-4-7-21/h2-8,17,19-20,22H,9-16,18H2,1H3,(H,26,30)(H,27,31)/t22-/m0/s1. The lowest BCUT2D eigenvalue weighted by atomic mass is 9.95. The largest absolute Gasteiger partial charge is 0.354 e. The molecule has 0 aliphatic carbocycles. The van der Waals surface area contributed by atoms with Gasteiger partial charge in [0.05, 0.1) is 6.04 Å². The lowest BCUT2D eigenvalue weighted by molar-refractivity contribution is -0.126. The first-order valence-corrected chi connectivity index (χ1v) is 12.6. The van der Waals surface area contributed by atoms with Crippen LogP contribution < -0.4 is 10.6 Å². The highest BCUT2D eigenvalue weighted by Crippen LogP contribution is 2.29. The maximum atomic E-state index is 12.9. The van der Waals surface area contributed by atoms with Gasteiger partial charge in [0.15, 0.2) is 0 Å². The minimum Gasteiger partial charge on any atom is -0.354 e. The number of nitrogens with one attached hydrogen (secondary N) is 2. The van der Waals surface area contributed by atoms with Crippen LogP contribution in [0.4, 0.5) is 10.5 Å². The van der Waals surface area contributed by atoms with Gasteiger partial charge in [0.2, 0.25) is 5.91 Å². The monoisotopic (exact) mass is 454 g/mol. The Bertz CT molecular complexity index is 857. The second-order valence-corrected chi connectivity index (χ2v) is 10.0. The first-order valence-electron chi connectivity index (χ1n) is 11.8. The molecule has 2 aromatic rings. The summed E-state index contributed by atoms with van der Waals surface area (Å²) in [5, 5.41) is 8.29. The number of piperidine rings is 2. The van der Waals surface area contributed by atoms with E-state index >= 15 is 0 Å². The number of nitrogens with zero attached hydrogens (tertiary/aromatic N) is 2. The number of anilines is 1. The van der Waals surface area contributed by atoms with Gasteiger partial charge in [0, 0.05) is 36.1 Å². The van der Waals surface area contributed by atoms with Crippen LogP contribution >= 0.6 is 11.3 Å². The molecule has 0 unspecified atom stereocenters. The van der Waals surface area contributed by atoms with Gasteiger partial charge in [-0.3, -0.25) is 9.69 Å². The molecule has 2 saturated heterocycles. The highest BCUT2D eigenvalue weighted by Gasteiger charge is 2.30. The van der Waals surface area contributed by atoms with Gasteiger partial charge in [-0.1, -0.05) is 31.2 Å². The molecule has 1 atom stereocenters. The number of rotatable bonds is 6. The number of amides is 3. The van der Waals surface area contributed by atoms with Crippen molar-refractivity contribution in [2.75, 3.05) is 38.0 Å². The molecule has 0 spiro atoms. The smallest absolute Gasteiger partial charge is 0.321 e. The van der Waals surface area contributed by atoms with E-state index in [0.29, 0.717) is 32.5 Å². The minimum absolute atomic E-state index is 0.0267. The van der Waals surface area contributed by atoms with E-state index in [9.17, 15) is 9.59 Å². The van der Waals surface area contributed by atoms with Gasteiger partial charge < -0.3 is 15.5 Å². The Labute approximate surface area is 195 Å². The summed E-state index contributed by atoms with van der Waals surface area (Å²) in [6, 6.07) is 13.9. The van der Waals surface area contributed by atoms with Crippen molar-refractivity contribution in [1.29, 1.82) is 0 Å². The fourth-order valence-corrected chi connectivity index (χ4v) is 5.50. The third-order valence-electron chi connectivity index (χ3n) is 6.78. The molecule has 2 aliphatic rings. The van der Waals surface area contributed by atoms with Gasteiger partial charge in [-0.15, -0.1) is 11.3 Å². The van der Waals surface area contributed by atoms with Gasteiger partial charge in [0.25, 0.3) is 0 Å². The van der Waals surface area contributed by atoms with Gasteiger partial charge in [-0.25, -0.2) is 4.79 Å². The van der Waals surface area contributed by atoms with Crippen LogP contribution in [0, 0.1) is 11.8 Å². The molecule has 1 aromatic heterocycles. The average molecular weight is 455 g/mol. The summed E-state index contributed by atoms with van der Waals surface area (Å²) in [6.45, 7) is 6.38. The summed E-state index contributed by atoms with van der Waals surface area (Å²) in [5.41, 5.74) is 0.795. The molecule has 7 heteroatoms. The maximum absolute atomic E-state index is 12.9. The third-order valence-corrected chi connectivity index (χ3v) is 7.75. The molecule has 3 amide bonds. The molecule has 2 N–H and O–H groups in total. The van der Waals surface area contributed by atoms with E-state index in [-0.39, 0.29) is 23.9 Å². The predicted molar refractivity (Wildman–Crippen MR) is 130 cm³/mol. The molecule has 0 bridgehead atoms. The summed E-state index contributed by atoms with van der Waals surface area (Å²) in [6.07, 6.45) is 3.86. The zero-order chi connectivity index (χ0) is 22.3. The van der Waals surface area contributed by atoms with E-state index in [1.165, 1.54) is 17.7 Å². The summed E-state index contributed by atoms with van der Waals surface area (Å²) >= 11 is 1.77. The number of para-hydroxylation sites is 1. The van der Waals surface area contributed by atoms with Crippen LogP contribution in [0.25, 0.3) is 0 Å². The zero-order valence-electron chi connectivity index (χ0n) is 18.8. The predicted octanol–water partition coefficient (Wildman–Crippen LogP) is 4.58. The zero-order valence-corrected chi connectivity index (χ0v) is 19.7. The minimum atomic E-state index is -0.0906. The molecule has 0 saturated carbocycles. The van der Waals surface area contributed by atoms with Crippen LogP contribution in [0.2, 0.25) is 0 Å². The van der Waals surface area contributed by atoms with Gasteiger partial charge in [-0.05, 0) is 68.3 Å². The number of carbonyl (C=O) groups is 2. The fourth-order valence-electron chi connectivity index (χ4n) is 4.64.